The maximum atomic E-state index is 9.53. The lowest BCUT2D eigenvalue weighted by molar-refractivity contribution is 0.470. The molecule has 2 rings (SSSR count). The van der Waals surface area contributed by atoms with Gasteiger partial charge in [0.2, 0.25) is 0 Å². The van der Waals surface area contributed by atoms with Gasteiger partial charge in [0.1, 0.15) is 11.5 Å². The van der Waals surface area contributed by atoms with Crippen molar-refractivity contribution in [3.63, 3.8) is 0 Å². The standard InChI is InChI=1S/C9H7ClO2S/c10-3-5-4-13-9-7(12)2-1-6(11)8(5)9/h1-2,4,11-12H,3H2. The van der Waals surface area contributed by atoms with Crippen LogP contribution in [0.3, 0.4) is 0 Å². The lowest BCUT2D eigenvalue weighted by Gasteiger charge is -1.99. The number of aromatic hydroxyl groups is 2. The molecule has 0 atom stereocenters. The second-order valence-corrected chi connectivity index (χ2v) is 3.85. The van der Waals surface area contributed by atoms with E-state index in [1.807, 2.05) is 5.38 Å². The van der Waals surface area contributed by atoms with Gasteiger partial charge < -0.3 is 10.2 Å². The molecule has 0 radical (unpaired) electrons. The average Bonchev–Trinajstić information content (AvgIpc) is 2.56. The highest BCUT2D eigenvalue weighted by Gasteiger charge is 2.10. The Balaban J connectivity index is 2.87. The van der Waals surface area contributed by atoms with Crippen molar-refractivity contribution in [2.45, 2.75) is 5.88 Å². The molecule has 2 N–H and O–H groups in total. The second-order valence-electron chi connectivity index (χ2n) is 2.70. The molecule has 0 aliphatic rings. The molecule has 0 fully saturated rings. The Labute approximate surface area is 84.0 Å². The molecular formula is C9H7ClO2S. The summed E-state index contributed by atoms with van der Waals surface area (Å²) in [6.45, 7) is 0. The minimum absolute atomic E-state index is 0.171. The molecule has 2 aromatic rings. The molecule has 1 aromatic carbocycles. The normalized spacial score (nSPS) is 10.8. The fourth-order valence-electron chi connectivity index (χ4n) is 1.28. The molecule has 0 aliphatic heterocycles. The summed E-state index contributed by atoms with van der Waals surface area (Å²) in [5, 5.41) is 21.5. The Morgan fingerprint density at radius 2 is 1.92 bits per heavy atom. The fourth-order valence-corrected chi connectivity index (χ4v) is 2.58. The number of fused-ring (bicyclic) bond motifs is 1. The van der Waals surface area contributed by atoms with E-state index in [2.05, 4.69) is 0 Å². The van der Waals surface area contributed by atoms with E-state index in [1.54, 1.807) is 0 Å². The molecule has 1 heterocycles. The summed E-state index contributed by atoms with van der Waals surface area (Å²) in [6, 6.07) is 2.95. The van der Waals surface area contributed by atoms with Crippen LogP contribution < -0.4 is 0 Å². The lowest BCUT2D eigenvalue weighted by Crippen LogP contribution is -1.75. The summed E-state index contributed by atoms with van der Waals surface area (Å²) in [4.78, 5) is 0. The van der Waals surface area contributed by atoms with E-state index in [0.717, 1.165) is 5.56 Å². The average molecular weight is 215 g/mol. The van der Waals surface area contributed by atoms with Gasteiger partial charge in [0.25, 0.3) is 0 Å². The molecule has 4 heteroatoms. The third-order valence-electron chi connectivity index (χ3n) is 1.90. The van der Waals surface area contributed by atoms with Gasteiger partial charge in [0.15, 0.2) is 0 Å². The molecule has 68 valence electrons. The number of phenolic OH excluding ortho intramolecular Hbond substituents is 2. The number of rotatable bonds is 1. The van der Waals surface area contributed by atoms with Crippen molar-refractivity contribution in [2.75, 3.05) is 0 Å². The molecular weight excluding hydrogens is 208 g/mol. The summed E-state index contributed by atoms with van der Waals surface area (Å²) in [5.41, 5.74) is 0.857. The Morgan fingerprint density at radius 3 is 2.62 bits per heavy atom. The number of thiophene rings is 1. The Hall–Kier alpha value is -0.930. The Morgan fingerprint density at radius 1 is 1.23 bits per heavy atom. The minimum atomic E-state index is 0.171. The number of hydrogen-bond donors (Lipinski definition) is 2. The van der Waals surface area contributed by atoms with Crippen molar-refractivity contribution >= 4 is 33.0 Å². The van der Waals surface area contributed by atoms with Crippen LogP contribution in [-0.4, -0.2) is 10.2 Å². The predicted octanol–water partition coefficient (Wildman–Crippen LogP) is 3.05. The number of halogens is 1. The molecule has 0 aliphatic carbocycles. The predicted molar refractivity (Wildman–Crippen MR) is 54.7 cm³/mol. The lowest BCUT2D eigenvalue weighted by atomic mass is 10.1. The molecule has 2 nitrogen and oxygen atoms in total. The van der Waals surface area contributed by atoms with Crippen LogP contribution in [0.4, 0.5) is 0 Å². The first kappa shape index (κ1) is 8.66. The van der Waals surface area contributed by atoms with Crippen molar-refractivity contribution < 1.29 is 10.2 Å². The van der Waals surface area contributed by atoms with Crippen LogP contribution in [0.2, 0.25) is 0 Å². The monoisotopic (exact) mass is 214 g/mol. The highest BCUT2D eigenvalue weighted by Crippen LogP contribution is 2.39. The minimum Gasteiger partial charge on any atom is -0.507 e. The van der Waals surface area contributed by atoms with E-state index >= 15 is 0 Å². The van der Waals surface area contributed by atoms with Crippen LogP contribution in [0.5, 0.6) is 11.5 Å². The maximum absolute atomic E-state index is 9.53. The largest absolute Gasteiger partial charge is 0.507 e. The van der Waals surface area contributed by atoms with Crippen molar-refractivity contribution in [1.82, 2.24) is 0 Å². The number of phenols is 2. The molecule has 0 bridgehead atoms. The summed E-state index contributed by atoms with van der Waals surface area (Å²) in [7, 11) is 0. The highest BCUT2D eigenvalue weighted by molar-refractivity contribution is 7.17. The first-order valence-electron chi connectivity index (χ1n) is 3.71. The molecule has 0 saturated carbocycles. The zero-order valence-electron chi connectivity index (χ0n) is 6.62. The molecule has 13 heavy (non-hydrogen) atoms. The van der Waals surface area contributed by atoms with Gasteiger partial charge in [-0.3, -0.25) is 0 Å². The van der Waals surface area contributed by atoms with E-state index in [1.165, 1.54) is 23.5 Å². The van der Waals surface area contributed by atoms with Crippen LogP contribution >= 0.6 is 22.9 Å². The highest BCUT2D eigenvalue weighted by atomic mass is 35.5. The van der Waals surface area contributed by atoms with Crippen LogP contribution in [0, 0.1) is 0 Å². The SMILES string of the molecule is Oc1ccc(O)c2c(CCl)csc12. The quantitative estimate of drug-likeness (QED) is 0.566. The molecule has 0 amide bonds. The number of benzene rings is 1. The Kier molecular flexibility index (Phi) is 2.06. The van der Waals surface area contributed by atoms with Crippen LogP contribution in [0.1, 0.15) is 5.56 Å². The summed E-state index contributed by atoms with van der Waals surface area (Å²) in [5.74, 6) is 0.704. The first-order valence-corrected chi connectivity index (χ1v) is 5.12. The first-order chi connectivity index (χ1) is 6.24. The zero-order chi connectivity index (χ0) is 9.42. The Bertz CT molecular complexity index is 450. The maximum Gasteiger partial charge on any atom is 0.133 e. The number of alkyl halides is 1. The molecule has 0 spiro atoms. The van der Waals surface area contributed by atoms with E-state index in [9.17, 15) is 10.2 Å². The van der Waals surface area contributed by atoms with Gasteiger partial charge in [-0.1, -0.05) is 0 Å². The molecule has 0 saturated heterocycles. The van der Waals surface area contributed by atoms with E-state index in [0.29, 0.717) is 16.0 Å². The van der Waals surface area contributed by atoms with Gasteiger partial charge in [-0.25, -0.2) is 0 Å². The summed E-state index contributed by atoms with van der Waals surface area (Å²) >= 11 is 7.07. The third-order valence-corrected chi connectivity index (χ3v) is 3.24. The second kappa shape index (κ2) is 3.09. The van der Waals surface area contributed by atoms with Gasteiger partial charge in [-0.2, -0.15) is 0 Å². The van der Waals surface area contributed by atoms with E-state index in [-0.39, 0.29) is 11.5 Å². The van der Waals surface area contributed by atoms with Gasteiger partial charge in [0, 0.05) is 11.3 Å². The van der Waals surface area contributed by atoms with Crippen LogP contribution in [0.15, 0.2) is 17.5 Å². The van der Waals surface area contributed by atoms with Gasteiger partial charge in [-0.15, -0.1) is 22.9 Å². The van der Waals surface area contributed by atoms with Gasteiger partial charge in [0.05, 0.1) is 4.70 Å². The smallest absolute Gasteiger partial charge is 0.133 e. The van der Waals surface area contributed by atoms with Crippen LogP contribution in [-0.2, 0) is 5.88 Å². The fraction of sp³-hybridized carbons (Fsp3) is 0.111. The van der Waals surface area contributed by atoms with Crippen molar-refractivity contribution in [2.24, 2.45) is 0 Å². The zero-order valence-corrected chi connectivity index (χ0v) is 8.19. The van der Waals surface area contributed by atoms with Crippen molar-refractivity contribution in [3.05, 3.63) is 23.1 Å². The number of hydrogen-bond acceptors (Lipinski definition) is 3. The van der Waals surface area contributed by atoms with Crippen molar-refractivity contribution in [3.8, 4) is 11.5 Å². The topological polar surface area (TPSA) is 40.5 Å². The summed E-state index contributed by atoms with van der Waals surface area (Å²) < 4.78 is 0.690. The van der Waals surface area contributed by atoms with Gasteiger partial charge in [-0.05, 0) is 23.1 Å². The van der Waals surface area contributed by atoms with Gasteiger partial charge >= 0.3 is 0 Å². The van der Waals surface area contributed by atoms with Crippen LogP contribution in [0.25, 0.3) is 10.1 Å². The van der Waals surface area contributed by atoms with E-state index in [4.69, 9.17) is 11.6 Å². The van der Waals surface area contributed by atoms with E-state index < -0.39 is 0 Å². The molecule has 1 aromatic heterocycles. The third kappa shape index (κ3) is 1.24. The van der Waals surface area contributed by atoms with Crippen molar-refractivity contribution in [1.29, 1.82) is 0 Å². The summed E-state index contributed by atoms with van der Waals surface area (Å²) in [6.07, 6.45) is 0. The molecule has 0 unspecified atom stereocenters.